The van der Waals surface area contributed by atoms with E-state index in [2.05, 4.69) is 9.88 Å². The number of hydrogen-bond acceptors (Lipinski definition) is 3. The number of carbonyl (C=O) groups is 1. The molecule has 0 aromatic carbocycles. The van der Waals surface area contributed by atoms with Gasteiger partial charge < -0.3 is 9.80 Å². The molecule has 114 valence electrons. The second-order valence-electron chi connectivity index (χ2n) is 6.09. The summed E-state index contributed by atoms with van der Waals surface area (Å²) < 4.78 is 13.6. The third-order valence-corrected chi connectivity index (χ3v) is 4.61. The Morgan fingerprint density at radius 3 is 2.62 bits per heavy atom. The van der Waals surface area contributed by atoms with E-state index in [1.165, 1.54) is 38.2 Å². The highest BCUT2D eigenvalue weighted by Crippen LogP contribution is 2.22. The molecule has 2 aliphatic rings. The van der Waals surface area contributed by atoms with Crippen LogP contribution in [-0.2, 0) is 0 Å². The Morgan fingerprint density at radius 2 is 1.95 bits per heavy atom. The summed E-state index contributed by atoms with van der Waals surface area (Å²) in [4.78, 5) is 20.2. The van der Waals surface area contributed by atoms with Crippen molar-refractivity contribution in [2.24, 2.45) is 5.92 Å². The molecule has 0 aliphatic carbocycles. The predicted molar refractivity (Wildman–Crippen MR) is 78.5 cm³/mol. The monoisotopic (exact) mass is 291 g/mol. The number of likely N-dealkylation sites (tertiary alicyclic amines) is 2. The molecule has 0 bridgehead atoms. The summed E-state index contributed by atoms with van der Waals surface area (Å²) in [6.07, 6.45) is 6.04. The zero-order valence-electron chi connectivity index (χ0n) is 12.3. The molecular weight excluding hydrogens is 269 g/mol. The summed E-state index contributed by atoms with van der Waals surface area (Å²) in [5.41, 5.74) is 0.0930. The molecule has 0 radical (unpaired) electrons. The normalized spacial score (nSPS) is 20.9. The molecule has 1 amide bonds. The Hall–Kier alpha value is -1.49. The topological polar surface area (TPSA) is 36.4 Å². The zero-order chi connectivity index (χ0) is 14.7. The van der Waals surface area contributed by atoms with Crippen LogP contribution in [0.4, 0.5) is 4.39 Å². The first-order valence-corrected chi connectivity index (χ1v) is 7.86. The number of hydrogen-bond donors (Lipinski definition) is 0. The van der Waals surface area contributed by atoms with E-state index in [1.54, 1.807) is 11.0 Å². The van der Waals surface area contributed by atoms with Gasteiger partial charge in [-0.15, -0.1) is 0 Å². The molecule has 2 fully saturated rings. The number of amides is 1. The molecular formula is C16H22FN3O. The highest BCUT2D eigenvalue weighted by molar-refractivity contribution is 5.94. The number of pyridine rings is 1. The third kappa shape index (κ3) is 3.40. The van der Waals surface area contributed by atoms with Gasteiger partial charge in [-0.2, -0.15) is 4.39 Å². The lowest BCUT2D eigenvalue weighted by molar-refractivity contribution is 0.0667. The molecule has 0 unspecified atom stereocenters. The van der Waals surface area contributed by atoms with E-state index < -0.39 is 5.95 Å². The first kappa shape index (κ1) is 14.4. The lowest BCUT2D eigenvalue weighted by Crippen LogP contribution is -2.41. The van der Waals surface area contributed by atoms with Gasteiger partial charge in [-0.1, -0.05) is 0 Å². The Labute approximate surface area is 125 Å². The lowest BCUT2D eigenvalue weighted by Gasteiger charge is -2.33. The molecule has 4 nitrogen and oxygen atoms in total. The fourth-order valence-corrected chi connectivity index (χ4v) is 3.36. The van der Waals surface area contributed by atoms with Crippen molar-refractivity contribution < 1.29 is 9.18 Å². The predicted octanol–water partition coefficient (Wildman–Crippen LogP) is 2.17. The third-order valence-electron chi connectivity index (χ3n) is 4.61. The molecule has 0 saturated carbocycles. The first-order chi connectivity index (χ1) is 10.2. The van der Waals surface area contributed by atoms with Crippen LogP contribution in [0.3, 0.4) is 0 Å². The van der Waals surface area contributed by atoms with E-state index >= 15 is 0 Å². The maximum absolute atomic E-state index is 13.6. The van der Waals surface area contributed by atoms with Crippen LogP contribution in [0.5, 0.6) is 0 Å². The molecule has 0 spiro atoms. The van der Waals surface area contributed by atoms with E-state index in [9.17, 15) is 9.18 Å². The van der Waals surface area contributed by atoms with Gasteiger partial charge in [0, 0.05) is 25.8 Å². The van der Waals surface area contributed by atoms with E-state index in [-0.39, 0.29) is 11.5 Å². The van der Waals surface area contributed by atoms with Gasteiger partial charge in [0.1, 0.15) is 0 Å². The average Bonchev–Trinajstić information content (AvgIpc) is 3.01. The second-order valence-corrected chi connectivity index (χ2v) is 6.09. The summed E-state index contributed by atoms with van der Waals surface area (Å²) in [5, 5.41) is 0. The van der Waals surface area contributed by atoms with Gasteiger partial charge in [0.05, 0.1) is 5.56 Å². The van der Waals surface area contributed by atoms with Crippen LogP contribution in [0.25, 0.3) is 0 Å². The van der Waals surface area contributed by atoms with Crippen LogP contribution in [0.1, 0.15) is 36.0 Å². The van der Waals surface area contributed by atoms with Gasteiger partial charge in [-0.25, -0.2) is 4.98 Å². The molecule has 1 aromatic heterocycles. The Balaban J connectivity index is 1.53. The highest BCUT2D eigenvalue weighted by atomic mass is 19.1. The number of carbonyl (C=O) groups excluding carboxylic acids is 1. The molecule has 3 heterocycles. The minimum atomic E-state index is -0.665. The summed E-state index contributed by atoms with van der Waals surface area (Å²) in [6, 6.07) is 3.12. The molecule has 0 atom stereocenters. The summed E-state index contributed by atoms with van der Waals surface area (Å²) >= 11 is 0. The largest absolute Gasteiger partial charge is 0.338 e. The van der Waals surface area contributed by atoms with Crippen LogP contribution in [0.2, 0.25) is 0 Å². The summed E-state index contributed by atoms with van der Waals surface area (Å²) in [5.74, 6) is -0.215. The SMILES string of the molecule is O=C(c1cccnc1F)N1CCC(CN2CCCC2)CC1. The van der Waals surface area contributed by atoms with Crippen LogP contribution < -0.4 is 0 Å². The van der Waals surface area contributed by atoms with Gasteiger partial charge >= 0.3 is 0 Å². The number of halogens is 1. The number of nitrogens with zero attached hydrogens (tertiary/aromatic N) is 3. The molecule has 2 saturated heterocycles. The molecule has 1 aromatic rings. The quantitative estimate of drug-likeness (QED) is 0.801. The smallest absolute Gasteiger partial charge is 0.258 e. The van der Waals surface area contributed by atoms with Crippen molar-refractivity contribution in [2.45, 2.75) is 25.7 Å². The lowest BCUT2D eigenvalue weighted by atomic mass is 9.96. The fourth-order valence-electron chi connectivity index (χ4n) is 3.36. The second kappa shape index (κ2) is 6.52. The maximum atomic E-state index is 13.6. The van der Waals surface area contributed by atoms with Gasteiger partial charge in [-0.05, 0) is 56.8 Å². The van der Waals surface area contributed by atoms with Crippen molar-refractivity contribution in [3.05, 3.63) is 29.8 Å². The van der Waals surface area contributed by atoms with Crippen molar-refractivity contribution in [1.82, 2.24) is 14.8 Å². The first-order valence-electron chi connectivity index (χ1n) is 7.86. The van der Waals surface area contributed by atoms with Crippen molar-refractivity contribution in [1.29, 1.82) is 0 Å². The van der Waals surface area contributed by atoms with Crippen molar-refractivity contribution in [3.63, 3.8) is 0 Å². The Bertz CT molecular complexity index is 494. The van der Waals surface area contributed by atoms with Crippen LogP contribution in [0.15, 0.2) is 18.3 Å². The Kier molecular flexibility index (Phi) is 4.48. The molecule has 3 rings (SSSR count). The Morgan fingerprint density at radius 1 is 1.24 bits per heavy atom. The van der Waals surface area contributed by atoms with Gasteiger partial charge in [0.2, 0.25) is 5.95 Å². The minimum absolute atomic E-state index is 0.0930. The summed E-state index contributed by atoms with van der Waals surface area (Å²) in [6.45, 7) is 5.06. The van der Waals surface area contributed by atoms with Gasteiger partial charge in [0.25, 0.3) is 5.91 Å². The number of rotatable bonds is 3. The van der Waals surface area contributed by atoms with E-state index in [0.717, 1.165) is 32.5 Å². The van der Waals surface area contributed by atoms with E-state index in [0.29, 0.717) is 5.92 Å². The van der Waals surface area contributed by atoms with E-state index in [1.807, 2.05) is 0 Å². The standard InChI is InChI=1S/C16H22FN3O/c17-15-14(4-3-7-18-15)16(21)20-10-5-13(6-11-20)12-19-8-1-2-9-19/h3-4,7,13H,1-2,5-6,8-12H2. The molecule has 21 heavy (non-hydrogen) atoms. The number of aromatic nitrogens is 1. The van der Waals surface area contributed by atoms with Crippen LogP contribution >= 0.6 is 0 Å². The van der Waals surface area contributed by atoms with Crippen molar-refractivity contribution in [2.75, 3.05) is 32.7 Å². The minimum Gasteiger partial charge on any atom is -0.338 e. The van der Waals surface area contributed by atoms with Crippen LogP contribution in [0, 0.1) is 11.9 Å². The van der Waals surface area contributed by atoms with Crippen LogP contribution in [-0.4, -0.2) is 53.4 Å². The van der Waals surface area contributed by atoms with Gasteiger partial charge in [-0.3, -0.25) is 4.79 Å². The van der Waals surface area contributed by atoms with E-state index in [4.69, 9.17) is 0 Å². The van der Waals surface area contributed by atoms with Crippen molar-refractivity contribution in [3.8, 4) is 0 Å². The molecule has 2 aliphatic heterocycles. The maximum Gasteiger partial charge on any atom is 0.258 e. The average molecular weight is 291 g/mol. The van der Waals surface area contributed by atoms with Crippen molar-refractivity contribution >= 4 is 5.91 Å². The fraction of sp³-hybridized carbons (Fsp3) is 0.625. The zero-order valence-corrected chi connectivity index (χ0v) is 12.3. The highest BCUT2D eigenvalue weighted by Gasteiger charge is 2.27. The molecule has 5 heteroatoms. The van der Waals surface area contributed by atoms with Gasteiger partial charge in [0.15, 0.2) is 0 Å². The summed E-state index contributed by atoms with van der Waals surface area (Å²) in [7, 11) is 0. The molecule has 0 N–H and O–H groups in total. The number of piperidine rings is 1.